The van der Waals surface area contributed by atoms with Crippen molar-refractivity contribution in [3.05, 3.63) is 20.8 Å². The molecule has 3 rings (SSSR count). The first-order chi connectivity index (χ1) is 14.5. The monoisotopic (exact) mass is 458 g/mol. The first kappa shape index (κ1) is 22.9. The van der Waals surface area contributed by atoms with Crippen molar-refractivity contribution in [3.8, 4) is 5.88 Å². The van der Waals surface area contributed by atoms with Crippen molar-refractivity contribution in [3.63, 3.8) is 0 Å². The number of carbonyl (C=O) groups is 3. The second-order valence-corrected chi connectivity index (χ2v) is 8.22. The highest BCUT2D eigenvalue weighted by atomic mass is 32.2. The van der Waals surface area contributed by atoms with E-state index in [1.54, 1.807) is 0 Å². The first-order valence-electron chi connectivity index (χ1n) is 9.27. The Balaban J connectivity index is 2.06. The Labute approximate surface area is 180 Å². The number of carbonyl (C=O) groups excluding carboxylic acids is 3. The number of rotatable bonds is 4. The summed E-state index contributed by atoms with van der Waals surface area (Å²) in [6.07, 6.45) is -4.33. The first-order valence-corrected chi connectivity index (χ1v) is 10.2. The maximum Gasteiger partial charge on any atom is 0.333 e. The summed E-state index contributed by atoms with van der Waals surface area (Å²) in [5, 5.41) is -0.806. The average Bonchev–Trinajstić information content (AvgIpc) is 2.69. The van der Waals surface area contributed by atoms with Crippen LogP contribution in [0.3, 0.4) is 0 Å². The average molecular weight is 458 g/mol. The second-order valence-electron chi connectivity index (χ2n) is 7.03. The lowest BCUT2D eigenvalue weighted by Crippen LogP contribution is -2.63. The molecule has 0 aromatic carbocycles. The Morgan fingerprint density at radius 3 is 2.16 bits per heavy atom. The molecule has 0 radical (unpaired) electrons. The molecule has 12 nitrogen and oxygen atoms in total. The predicted molar refractivity (Wildman–Crippen MR) is 104 cm³/mol. The molecular weight excluding hydrogens is 436 g/mol. The van der Waals surface area contributed by atoms with Crippen LogP contribution in [0.1, 0.15) is 20.8 Å². The van der Waals surface area contributed by atoms with Gasteiger partial charge in [0, 0.05) is 34.9 Å². The van der Waals surface area contributed by atoms with Gasteiger partial charge in [-0.15, -0.1) is 11.8 Å². The number of hydrogen-bond donors (Lipinski definition) is 0. The van der Waals surface area contributed by atoms with E-state index in [1.807, 2.05) is 0 Å². The summed E-state index contributed by atoms with van der Waals surface area (Å²) < 4.78 is 29.6. The van der Waals surface area contributed by atoms with Crippen LogP contribution in [-0.2, 0) is 47.4 Å². The third-order valence-electron chi connectivity index (χ3n) is 4.70. The number of ether oxygens (including phenoxy) is 5. The van der Waals surface area contributed by atoms with Crippen molar-refractivity contribution in [2.45, 2.75) is 55.5 Å². The summed E-state index contributed by atoms with van der Waals surface area (Å²) in [4.78, 5) is 59.8. The normalized spacial score (nSPS) is 26.7. The summed E-state index contributed by atoms with van der Waals surface area (Å²) >= 11 is 0.993. The van der Waals surface area contributed by atoms with Gasteiger partial charge in [-0.1, -0.05) is 0 Å². The molecule has 2 aliphatic heterocycles. The van der Waals surface area contributed by atoms with E-state index in [-0.39, 0.29) is 17.4 Å². The van der Waals surface area contributed by atoms with Crippen LogP contribution in [0.5, 0.6) is 5.88 Å². The highest BCUT2D eigenvalue weighted by Gasteiger charge is 2.54. The van der Waals surface area contributed by atoms with Crippen LogP contribution in [0, 0.1) is 0 Å². The quantitative estimate of drug-likeness (QED) is 0.409. The number of aromatic nitrogens is 2. The van der Waals surface area contributed by atoms with Crippen molar-refractivity contribution in [1.29, 1.82) is 0 Å². The maximum absolute atomic E-state index is 12.6. The van der Waals surface area contributed by atoms with Crippen LogP contribution in [-0.4, -0.2) is 63.5 Å². The lowest BCUT2D eigenvalue weighted by Gasteiger charge is -2.46. The van der Waals surface area contributed by atoms with Crippen molar-refractivity contribution >= 4 is 29.7 Å². The van der Waals surface area contributed by atoms with E-state index >= 15 is 0 Å². The molecule has 3 heterocycles. The van der Waals surface area contributed by atoms with Gasteiger partial charge < -0.3 is 23.7 Å². The van der Waals surface area contributed by atoms with Gasteiger partial charge in [-0.2, -0.15) is 0 Å². The molecule has 13 heteroatoms. The SMILES string of the molecule is CC(=O)OC[C@H]1O[C@@H]2Oc3c(c(=O)n(C)c(=O)n3C)S[C@@H]2[C@@H](OC(C)=O)[C@H]1OC(C)=O. The fourth-order valence-corrected chi connectivity index (χ4v) is 4.74. The second kappa shape index (κ2) is 8.75. The van der Waals surface area contributed by atoms with Gasteiger partial charge in [0.15, 0.2) is 12.2 Å². The molecule has 1 saturated heterocycles. The minimum atomic E-state index is -1.13. The number of nitrogens with zero attached hydrogens (tertiary/aromatic N) is 2. The van der Waals surface area contributed by atoms with Gasteiger partial charge in [-0.3, -0.25) is 28.3 Å². The topological polar surface area (TPSA) is 141 Å². The van der Waals surface area contributed by atoms with Crippen molar-refractivity contribution in [1.82, 2.24) is 9.13 Å². The summed E-state index contributed by atoms with van der Waals surface area (Å²) in [5.74, 6) is -1.92. The van der Waals surface area contributed by atoms with Crippen molar-refractivity contribution in [2.75, 3.05) is 6.61 Å². The smallest absolute Gasteiger partial charge is 0.333 e. The Kier molecular flexibility index (Phi) is 6.46. The van der Waals surface area contributed by atoms with E-state index in [1.165, 1.54) is 34.9 Å². The molecule has 0 saturated carbocycles. The molecule has 170 valence electrons. The molecule has 1 aromatic rings. The molecule has 0 unspecified atom stereocenters. The highest BCUT2D eigenvalue weighted by molar-refractivity contribution is 8.00. The van der Waals surface area contributed by atoms with Crippen molar-refractivity contribution < 1.29 is 38.1 Å². The van der Waals surface area contributed by atoms with E-state index in [0.717, 1.165) is 20.9 Å². The van der Waals surface area contributed by atoms with Gasteiger partial charge in [0.2, 0.25) is 12.2 Å². The zero-order valence-corrected chi connectivity index (χ0v) is 18.3. The van der Waals surface area contributed by atoms with Gasteiger partial charge in [-0.05, 0) is 0 Å². The van der Waals surface area contributed by atoms with Gasteiger partial charge in [0.05, 0.1) is 0 Å². The molecule has 1 fully saturated rings. The van der Waals surface area contributed by atoms with Crippen LogP contribution in [0.25, 0.3) is 0 Å². The van der Waals surface area contributed by atoms with Crippen LogP contribution >= 0.6 is 11.8 Å². The summed E-state index contributed by atoms with van der Waals surface area (Å²) in [6.45, 7) is 3.25. The van der Waals surface area contributed by atoms with Gasteiger partial charge in [-0.25, -0.2) is 4.79 Å². The molecule has 0 aliphatic carbocycles. The minimum Gasteiger partial charge on any atom is -0.463 e. The van der Waals surface area contributed by atoms with Crippen LogP contribution in [0.4, 0.5) is 0 Å². The van der Waals surface area contributed by atoms with Crippen molar-refractivity contribution in [2.24, 2.45) is 14.1 Å². The standard InChI is InChI=1S/C18H22N2O10S/c1-7(21)26-6-10-11(27-8(2)22)12(28-9(3)23)13-17(29-10)30-16-14(31-13)15(24)19(4)18(25)20(16)5/h10-13,17H,6H2,1-5H3/t10-,11+,12+,13-,17-/m1/s1. The molecule has 31 heavy (non-hydrogen) atoms. The van der Waals surface area contributed by atoms with Crippen LogP contribution < -0.4 is 16.0 Å². The summed E-state index contributed by atoms with van der Waals surface area (Å²) in [5.41, 5.74) is -1.18. The zero-order chi connectivity index (χ0) is 23.0. The van der Waals surface area contributed by atoms with E-state index in [9.17, 15) is 24.0 Å². The molecular formula is C18H22N2O10S. The molecule has 0 N–H and O–H groups in total. The fraction of sp³-hybridized carbons (Fsp3) is 0.611. The molecule has 5 atom stereocenters. The predicted octanol–water partition coefficient (Wildman–Crippen LogP) is -0.911. The van der Waals surface area contributed by atoms with Crippen LogP contribution in [0.15, 0.2) is 14.5 Å². The van der Waals surface area contributed by atoms with Gasteiger partial charge in [0.1, 0.15) is 22.9 Å². The van der Waals surface area contributed by atoms with E-state index in [2.05, 4.69) is 0 Å². The van der Waals surface area contributed by atoms with Crippen LogP contribution in [0.2, 0.25) is 0 Å². The Morgan fingerprint density at radius 1 is 0.968 bits per heavy atom. The minimum absolute atomic E-state index is 0.00176. The lowest BCUT2D eigenvalue weighted by atomic mass is 10.0. The van der Waals surface area contributed by atoms with Gasteiger partial charge >= 0.3 is 23.6 Å². The maximum atomic E-state index is 12.6. The number of fused-ring (bicyclic) bond motifs is 2. The van der Waals surface area contributed by atoms with E-state index < -0.39 is 59.0 Å². The molecule has 0 bridgehead atoms. The Morgan fingerprint density at radius 2 is 1.58 bits per heavy atom. The number of esters is 3. The fourth-order valence-electron chi connectivity index (χ4n) is 3.37. The molecule has 0 amide bonds. The number of thioether (sulfide) groups is 1. The van der Waals surface area contributed by atoms with Gasteiger partial charge in [0.25, 0.3) is 5.56 Å². The third-order valence-corrected chi connectivity index (χ3v) is 6.05. The lowest BCUT2D eigenvalue weighted by molar-refractivity contribution is -0.244. The largest absolute Gasteiger partial charge is 0.463 e. The third kappa shape index (κ3) is 4.46. The molecule has 0 spiro atoms. The molecule has 2 aliphatic rings. The highest BCUT2D eigenvalue weighted by Crippen LogP contribution is 2.43. The van der Waals surface area contributed by atoms with E-state index in [4.69, 9.17) is 23.7 Å². The Hall–Kier alpha value is -2.80. The summed E-state index contributed by atoms with van der Waals surface area (Å²) in [6, 6.07) is 0. The zero-order valence-electron chi connectivity index (χ0n) is 17.5. The Bertz CT molecular complexity index is 1030. The van der Waals surface area contributed by atoms with E-state index in [0.29, 0.717) is 0 Å². The molecule has 1 aromatic heterocycles. The summed E-state index contributed by atoms with van der Waals surface area (Å²) in [7, 11) is 2.77. The number of hydrogen-bond acceptors (Lipinski definition) is 11.